The van der Waals surface area contributed by atoms with Crippen molar-refractivity contribution in [3.8, 4) is 17.0 Å². The summed E-state index contributed by atoms with van der Waals surface area (Å²) < 4.78 is 6.83. The van der Waals surface area contributed by atoms with Crippen LogP contribution in [0.2, 0.25) is 5.15 Å². The number of ether oxygens (including phenoxy) is 1. The number of aliphatic hydroxyl groups excluding tert-OH is 2. The molecule has 4 rings (SSSR count). The van der Waals surface area contributed by atoms with Crippen molar-refractivity contribution in [1.82, 2.24) is 14.6 Å². The summed E-state index contributed by atoms with van der Waals surface area (Å²) in [6.45, 7) is 3.88. The highest BCUT2D eigenvalue weighted by Crippen LogP contribution is 2.30. The van der Waals surface area contributed by atoms with Crippen molar-refractivity contribution >= 4 is 23.1 Å². The highest BCUT2D eigenvalue weighted by molar-refractivity contribution is 6.29. The Morgan fingerprint density at radius 1 is 1.22 bits per heavy atom. The fourth-order valence-electron chi connectivity index (χ4n) is 3.41. The number of hydrogen-bond donors (Lipinski definition) is 3. The van der Waals surface area contributed by atoms with Crippen LogP contribution in [-0.4, -0.2) is 50.2 Å². The molecule has 1 fully saturated rings. The molecule has 4 atom stereocenters. The summed E-state index contributed by atoms with van der Waals surface area (Å²) in [6.07, 6.45) is -1.23. The summed E-state index contributed by atoms with van der Waals surface area (Å²) in [5, 5.41) is 28.3. The van der Waals surface area contributed by atoms with Crippen molar-refractivity contribution in [1.29, 1.82) is 0 Å². The second-order valence-electron chi connectivity index (χ2n) is 6.72. The molecule has 2 heterocycles. The van der Waals surface area contributed by atoms with E-state index in [1.54, 1.807) is 17.7 Å². The van der Waals surface area contributed by atoms with E-state index >= 15 is 0 Å². The van der Waals surface area contributed by atoms with Crippen molar-refractivity contribution in [2.75, 3.05) is 12.4 Å². The van der Waals surface area contributed by atoms with Gasteiger partial charge in [0.15, 0.2) is 5.65 Å². The summed E-state index contributed by atoms with van der Waals surface area (Å²) in [6, 6.07) is 10.7. The van der Waals surface area contributed by atoms with E-state index in [4.69, 9.17) is 16.3 Å². The third-order valence-corrected chi connectivity index (χ3v) is 5.11. The molecular weight excluding hydrogens is 368 g/mol. The van der Waals surface area contributed by atoms with E-state index in [0.29, 0.717) is 23.0 Å². The van der Waals surface area contributed by atoms with Gasteiger partial charge in [0.2, 0.25) is 0 Å². The normalized spacial score (nSPS) is 25.1. The zero-order valence-electron chi connectivity index (χ0n) is 14.7. The molecule has 0 amide bonds. The van der Waals surface area contributed by atoms with Crippen LogP contribution >= 0.6 is 11.6 Å². The Morgan fingerprint density at radius 3 is 2.59 bits per heavy atom. The molecule has 7 nitrogen and oxygen atoms in total. The van der Waals surface area contributed by atoms with E-state index in [0.717, 1.165) is 17.0 Å². The van der Waals surface area contributed by atoms with Gasteiger partial charge in [-0.25, -0.2) is 4.98 Å². The van der Waals surface area contributed by atoms with Gasteiger partial charge in [0.1, 0.15) is 22.8 Å². The predicted molar refractivity (Wildman–Crippen MR) is 103 cm³/mol. The number of nitrogens with one attached hydrogen (secondary N) is 1. The minimum absolute atomic E-state index is 0.238. The monoisotopic (exact) mass is 387 g/mol. The Labute approximate surface area is 161 Å². The van der Waals surface area contributed by atoms with E-state index < -0.39 is 12.2 Å². The van der Waals surface area contributed by atoms with Gasteiger partial charge >= 0.3 is 0 Å². The Balaban J connectivity index is 1.70. The van der Waals surface area contributed by atoms with Gasteiger partial charge < -0.3 is 20.3 Å². The van der Waals surface area contributed by atoms with Crippen LogP contribution in [0.25, 0.3) is 16.9 Å². The maximum absolute atomic E-state index is 10.2. The summed E-state index contributed by atoms with van der Waals surface area (Å²) in [5.74, 6) is 1.12. The van der Waals surface area contributed by atoms with Crippen molar-refractivity contribution in [2.45, 2.75) is 24.7 Å². The molecule has 1 aliphatic rings. The number of rotatable bonds is 4. The molecule has 3 N–H and O–H groups in total. The standard InChI is InChI=1S/C19H20ClN4O3/c1-10-7-14(19(26)18(10)25)21-17-9-15(20)22-16-8-13(23-24(16)17)11-3-5-12(27-2)6-4-11/h3-6,8-10,14,18-19,21,25-26H,1,7H2,2H3/t10-,14-,18-,19+/m1/s1. The highest BCUT2D eigenvalue weighted by Gasteiger charge is 2.39. The lowest BCUT2D eigenvalue weighted by Gasteiger charge is -2.19. The molecule has 141 valence electrons. The molecule has 2 aromatic heterocycles. The number of benzene rings is 1. The minimum Gasteiger partial charge on any atom is -0.497 e. The Kier molecular flexibility index (Phi) is 4.67. The second-order valence-corrected chi connectivity index (χ2v) is 7.11. The quantitative estimate of drug-likeness (QED) is 0.595. The molecule has 0 bridgehead atoms. The minimum atomic E-state index is -0.911. The van der Waals surface area contributed by atoms with Crippen molar-refractivity contribution in [3.05, 3.63) is 48.5 Å². The molecule has 27 heavy (non-hydrogen) atoms. The maximum Gasteiger partial charge on any atom is 0.159 e. The summed E-state index contributed by atoms with van der Waals surface area (Å²) in [7, 11) is 1.62. The van der Waals surface area contributed by atoms with Crippen LogP contribution in [0.3, 0.4) is 0 Å². The first-order valence-electron chi connectivity index (χ1n) is 8.63. The molecule has 0 saturated heterocycles. The Bertz CT molecular complexity index is 959. The van der Waals surface area contributed by atoms with Gasteiger partial charge in [-0.05, 0) is 43.5 Å². The van der Waals surface area contributed by atoms with Crippen LogP contribution in [0.4, 0.5) is 5.82 Å². The van der Waals surface area contributed by atoms with Gasteiger partial charge in [-0.2, -0.15) is 9.61 Å². The van der Waals surface area contributed by atoms with Crippen LogP contribution in [0.5, 0.6) is 5.75 Å². The van der Waals surface area contributed by atoms with Gasteiger partial charge in [-0.15, -0.1) is 0 Å². The first kappa shape index (κ1) is 18.0. The van der Waals surface area contributed by atoms with Gasteiger partial charge in [0.05, 0.1) is 24.9 Å². The van der Waals surface area contributed by atoms with Crippen LogP contribution in [-0.2, 0) is 0 Å². The van der Waals surface area contributed by atoms with Gasteiger partial charge in [-0.1, -0.05) is 11.6 Å². The molecule has 0 spiro atoms. The fraction of sp³-hybridized carbons (Fsp3) is 0.316. The molecule has 1 aromatic carbocycles. The van der Waals surface area contributed by atoms with Gasteiger partial charge in [0.25, 0.3) is 0 Å². The summed E-state index contributed by atoms with van der Waals surface area (Å²) in [5.41, 5.74) is 2.23. The molecular formula is C19H20ClN4O3. The van der Waals surface area contributed by atoms with Gasteiger partial charge in [-0.3, -0.25) is 0 Å². The number of hydrogen-bond acceptors (Lipinski definition) is 6. The van der Waals surface area contributed by atoms with E-state index in [2.05, 4.69) is 22.3 Å². The van der Waals surface area contributed by atoms with E-state index in [1.807, 2.05) is 30.3 Å². The number of halogens is 1. The van der Waals surface area contributed by atoms with E-state index in [9.17, 15) is 10.2 Å². The van der Waals surface area contributed by atoms with Crippen molar-refractivity contribution in [3.63, 3.8) is 0 Å². The number of nitrogens with zero attached hydrogens (tertiary/aromatic N) is 3. The third kappa shape index (κ3) is 3.34. The second kappa shape index (κ2) is 6.99. The highest BCUT2D eigenvalue weighted by atomic mass is 35.5. The maximum atomic E-state index is 10.2. The number of fused-ring (bicyclic) bond motifs is 1. The van der Waals surface area contributed by atoms with Crippen molar-refractivity contribution in [2.24, 2.45) is 5.92 Å². The van der Waals surface area contributed by atoms with Crippen LogP contribution in [0.15, 0.2) is 36.4 Å². The van der Waals surface area contributed by atoms with Crippen molar-refractivity contribution < 1.29 is 14.9 Å². The van der Waals surface area contributed by atoms with Crippen LogP contribution in [0, 0.1) is 12.8 Å². The Hall–Kier alpha value is -2.35. The number of methoxy groups -OCH3 is 1. The van der Waals surface area contributed by atoms with Crippen LogP contribution < -0.4 is 10.1 Å². The molecule has 8 heteroatoms. The smallest absolute Gasteiger partial charge is 0.159 e. The molecule has 1 aliphatic carbocycles. The van der Waals surface area contributed by atoms with Gasteiger partial charge in [0, 0.05) is 17.7 Å². The first-order chi connectivity index (χ1) is 13.0. The summed E-state index contributed by atoms with van der Waals surface area (Å²) in [4.78, 5) is 4.32. The number of anilines is 1. The lowest BCUT2D eigenvalue weighted by atomic mass is 10.1. The molecule has 0 aliphatic heterocycles. The molecule has 0 unspecified atom stereocenters. The zero-order valence-corrected chi connectivity index (χ0v) is 15.5. The average molecular weight is 388 g/mol. The Morgan fingerprint density at radius 2 is 1.96 bits per heavy atom. The van der Waals surface area contributed by atoms with E-state index in [1.165, 1.54) is 0 Å². The lowest BCUT2D eigenvalue weighted by Crippen LogP contribution is -2.35. The SMILES string of the molecule is [CH2][C@@H]1C[C@@H](Nc2cc(Cl)nc3cc(-c4ccc(OC)cc4)nn23)[C@H](O)[C@@H]1O. The first-order valence-corrected chi connectivity index (χ1v) is 9.00. The molecule has 1 saturated carbocycles. The lowest BCUT2D eigenvalue weighted by molar-refractivity contribution is 0.0256. The van der Waals surface area contributed by atoms with E-state index in [-0.39, 0.29) is 12.0 Å². The summed E-state index contributed by atoms with van der Waals surface area (Å²) >= 11 is 6.16. The predicted octanol–water partition coefficient (Wildman–Crippen LogP) is 2.41. The molecule has 1 radical (unpaired) electrons. The third-order valence-electron chi connectivity index (χ3n) is 4.92. The largest absolute Gasteiger partial charge is 0.497 e. The number of aromatic nitrogens is 3. The van der Waals surface area contributed by atoms with Crippen LogP contribution in [0.1, 0.15) is 6.42 Å². The number of aliphatic hydroxyl groups is 2. The molecule has 3 aromatic rings. The fourth-order valence-corrected chi connectivity index (χ4v) is 3.60. The topological polar surface area (TPSA) is 91.9 Å². The zero-order chi connectivity index (χ0) is 19.1. The average Bonchev–Trinajstić information content (AvgIpc) is 3.19.